The average molecular weight is 772 g/mol. The van der Waals surface area contributed by atoms with Crippen LogP contribution in [-0.2, 0) is 24.0 Å². The molecule has 0 heterocycles. The van der Waals surface area contributed by atoms with E-state index >= 15 is 0 Å². The summed E-state index contributed by atoms with van der Waals surface area (Å²) in [6, 6.07) is 14.5. The zero-order chi connectivity index (χ0) is 31.8. The van der Waals surface area contributed by atoms with Gasteiger partial charge < -0.3 is 14.8 Å². The largest absolute Gasteiger partial charge is 0.410 e. The monoisotopic (exact) mass is 769 g/mol. The minimum atomic E-state index is -0.672. The molecule has 0 atom stereocenters. The molecule has 1 N–H and O–H groups in total. The Bertz CT molecular complexity index is 1820. The van der Waals surface area contributed by atoms with Gasteiger partial charge in [0.05, 0.1) is 6.07 Å². The molecular weight excluding hydrogens is 754 g/mol. The molecule has 0 unspecified atom stereocenters. The van der Waals surface area contributed by atoms with E-state index in [1.165, 1.54) is 31.2 Å². The Labute approximate surface area is 260 Å². The predicted molar refractivity (Wildman–Crippen MR) is 160 cm³/mol. The van der Waals surface area contributed by atoms with Gasteiger partial charge in [-0.3, -0.25) is 28.8 Å². The molecule has 0 aliphatic rings. The molecule has 0 fully saturated rings. The highest BCUT2D eigenvalue weighted by Gasteiger charge is 2.11. The molecule has 0 saturated carbocycles. The van der Waals surface area contributed by atoms with Gasteiger partial charge in [-0.25, -0.2) is 4.79 Å². The van der Waals surface area contributed by atoms with E-state index in [9.17, 15) is 33.6 Å². The summed E-state index contributed by atoms with van der Waals surface area (Å²) in [6.07, 6.45) is 0. The van der Waals surface area contributed by atoms with Gasteiger partial charge >= 0.3 is 17.9 Å². The van der Waals surface area contributed by atoms with Crippen LogP contribution in [0.15, 0.2) is 78.0 Å². The Morgan fingerprint density at radius 1 is 0.714 bits per heavy atom. The lowest BCUT2D eigenvalue weighted by Crippen LogP contribution is -2.32. The van der Waals surface area contributed by atoms with Crippen LogP contribution in [0.1, 0.15) is 6.92 Å². The smallest absolute Gasteiger partial charge is 0.345 e. The normalized spacial score (nSPS) is 9.50. The standard InChI is InChI=1S/C11H6BrNO4.C9H5NO3.C4H4Br2O3.C2H3N/c12-5-8(14)17-13-9-10(15)6-3-1-2-4-7(6)11(9)16;11-8-5-3-1-2-4-6(5)9(12)7(8)10-13;5-1-3(7)9-4(8)2-6;1-2-3/h1-4H,5H2;1-4,13H;1-2H2;1H3. The molecule has 218 valence electrons. The van der Waals surface area contributed by atoms with Gasteiger partial charge in [-0.05, 0) is 0 Å². The van der Waals surface area contributed by atoms with Crippen molar-refractivity contribution in [1.82, 2.24) is 0 Å². The number of ether oxygens (including phenoxy) is 1. The molecule has 0 aromatic heterocycles. The summed E-state index contributed by atoms with van der Waals surface area (Å²) in [6.45, 7) is 1.43. The summed E-state index contributed by atoms with van der Waals surface area (Å²) < 4.78 is 4.18. The summed E-state index contributed by atoms with van der Waals surface area (Å²) in [4.78, 5) is 82.0. The van der Waals surface area contributed by atoms with Gasteiger partial charge in [0.25, 0.3) is 0 Å². The number of carbonyl (C=O) groups is 3. The first-order valence-corrected chi connectivity index (χ1v) is 14.5. The summed E-state index contributed by atoms with van der Waals surface area (Å²) in [7, 11) is 0. The summed E-state index contributed by atoms with van der Waals surface area (Å²) in [5.74, 6) is -1.81. The van der Waals surface area contributed by atoms with Crippen LogP contribution < -0.4 is 32.4 Å². The molecule has 0 radical (unpaired) electrons. The fourth-order valence-electron chi connectivity index (χ4n) is 2.95. The van der Waals surface area contributed by atoms with E-state index in [1.807, 2.05) is 0 Å². The number of carbonyl (C=O) groups excluding carboxylic acids is 3. The number of rotatable bonds is 4. The molecule has 0 aliphatic heterocycles. The topological polar surface area (TPSA) is 207 Å². The molecular formula is C26H18Br3N3O10. The molecule has 4 aromatic carbocycles. The summed E-state index contributed by atoms with van der Waals surface area (Å²) in [5.41, 5.74) is -2.06. The quantitative estimate of drug-likeness (QED) is 0.0781. The number of nitrogens with zero attached hydrogens (tertiary/aromatic N) is 3. The first-order valence-electron chi connectivity index (χ1n) is 11.1. The van der Waals surface area contributed by atoms with E-state index in [1.54, 1.807) is 30.3 Å². The van der Waals surface area contributed by atoms with Crippen LogP contribution in [0.3, 0.4) is 0 Å². The maximum atomic E-state index is 11.8. The Morgan fingerprint density at radius 3 is 1.31 bits per heavy atom. The Morgan fingerprint density at radius 2 is 1.02 bits per heavy atom. The van der Waals surface area contributed by atoms with E-state index in [4.69, 9.17) is 10.5 Å². The molecule has 0 spiro atoms. The second-order valence-corrected chi connectivity index (χ2v) is 8.91. The fourth-order valence-corrected chi connectivity index (χ4v) is 3.28. The van der Waals surface area contributed by atoms with Crippen LogP contribution in [0.25, 0.3) is 21.5 Å². The molecule has 4 rings (SSSR count). The first kappa shape index (κ1) is 35.8. The Hall–Kier alpha value is -4.20. The zero-order valence-electron chi connectivity index (χ0n) is 21.3. The summed E-state index contributed by atoms with van der Waals surface area (Å²) in [5, 5.41) is 22.2. The molecule has 4 aromatic rings. The summed E-state index contributed by atoms with van der Waals surface area (Å²) >= 11 is 8.53. The molecule has 0 aliphatic carbocycles. The van der Waals surface area contributed by atoms with Crippen LogP contribution in [0.5, 0.6) is 0 Å². The van der Waals surface area contributed by atoms with E-state index in [0.717, 1.165) is 0 Å². The third-order valence-electron chi connectivity index (χ3n) is 4.59. The lowest BCUT2D eigenvalue weighted by molar-refractivity contribution is -0.155. The van der Waals surface area contributed by atoms with Crippen molar-refractivity contribution in [1.29, 1.82) is 5.26 Å². The van der Waals surface area contributed by atoms with E-state index in [-0.39, 0.29) is 32.1 Å². The van der Waals surface area contributed by atoms with Gasteiger partial charge in [0.2, 0.25) is 21.7 Å². The minimum absolute atomic E-state index is 0.0474. The second kappa shape index (κ2) is 18.3. The molecule has 0 amide bonds. The van der Waals surface area contributed by atoms with Crippen molar-refractivity contribution in [3.8, 4) is 6.07 Å². The van der Waals surface area contributed by atoms with Crippen LogP contribution >= 0.6 is 47.8 Å². The lowest BCUT2D eigenvalue weighted by atomic mass is 10.2. The van der Waals surface area contributed by atoms with Gasteiger partial charge in [0, 0.05) is 28.5 Å². The molecule has 16 heteroatoms. The van der Waals surface area contributed by atoms with E-state index in [0.29, 0.717) is 10.8 Å². The highest BCUT2D eigenvalue weighted by molar-refractivity contribution is 9.09. The van der Waals surface area contributed by atoms with E-state index in [2.05, 4.69) is 67.7 Å². The van der Waals surface area contributed by atoms with Gasteiger partial charge in [-0.15, -0.1) is 0 Å². The number of benzene rings is 2. The SMILES string of the molecule is CC#N.O=C(CBr)OC(=O)CBr.O=C(CBr)ON=c1c(=O)c2ccccc2c1=O.O=c1c(=NO)c(=O)c2ccccc12. The first-order chi connectivity index (χ1) is 20.0. The lowest BCUT2D eigenvalue weighted by Gasteiger charge is -1.93. The maximum absolute atomic E-state index is 11.8. The molecule has 42 heavy (non-hydrogen) atoms. The molecule has 0 bridgehead atoms. The van der Waals surface area contributed by atoms with Crippen LogP contribution in [0, 0.1) is 11.3 Å². The molecule has 0 saturated heterocycles. The van der Waals surface area contributed by atoms with Crippen molar-refractivity contribution >= 4 is 87.2 Å². The van der Waals surface area contributed by atoms with Gasteiger partial charge in [-0.2, -0.15) is 5.26 Å². The number of esters is 2. The van der Waals surface area contributed by atoms with Crippen molar-refractivity contribution in [2.24, 2.45) is 10.3 Å². The van der Waals surface area contributed by atoms with Crippen LogP contribution in [0.4, 0.5) is 0 Å². The van der Waals surface area contributed by atoms with Crippen molar-refractivity contribution in [2.75, 3.05) is 16.0 Å². The average Bonchev–Trinajstić information content (AvgIpc) is 3.40. The number of halogens is 3. The highest BCUT2D eigenvalue weighted by Crippen LogP contribution is 2.02. The minimum Gasteiger partial charge on any atom is -0.410 e. The van der Waals surface area contributed by atoms with Crippen LogP contribution in [-0.4, -0.2) is 39.1 Å². The number of hydrogen-bond donors (Lipinski definition) is 1. The third-order valence-corrected chi connectivity index (χ3v) is 5.96. The van der Waals surface area contributed by atoms with Gasteiger partial charge in [0.15, 0.2) is 10.7 Å². The van der Waals surface area contributed by atoms with Gasteiger partial charge in [0.1, 0.15) is 16.0 Å². The maximum Gasteiger partial charge on any atom is 0.345 e. The van der Waals surface area contributed by atoms with Crippen molar-refractivity contribution in [2.45, 2.75) is 6.92 Å². The van der Waals surface area contributed by atoms with Crippen molar-refractivity contribution in [3.05, 3.63) is 100 Å². The van der Waals surface area contributed by atoms with Crippen molar-refractivity contribution < 1.29 is 29.2 Å². The van der Waals surface area contributed by atoms with Crippen molar-refractivity contribution in [3.63, 3.8) is 0 Å². The number of nitriles is 1. The number of alkyl halides is 3. The predicted octanol–water partition coefficient (Wildman–Crippen LogP) is 1.29. The highest BCUT2D eigenvalue weighted by atomic mass is 79.9. The Kier molecular flexibility index (Phi) is 15.6. The van der Waals surface area contributed by atoms with E-state index < -0.39 is 45.0 Å². The number of hydrogen-bond acceptors (Lipinski definition) is 13. The second-order valence-electron chi connectivity index (χ2n) is 7.23. The fraction of sp³-hybridized carbons (Fsp3) is 0.154. The zero-order valence-corrected chi connectivity index (χ0v) is 26.1. The third kappa shape index (κ3) is 9.72. The van der Waals surface area contributed by atoms with Crippen LogP contribution in [0.2, 0.25) is 0 Å². The van der Waals surface area contributed by atoms with Gasteiger partial charge in [-0.1, -0.05) is 107 Å². The number of fused-ring (bicyclic) bond motifs is 2. The Balaban J connectivity index is 0.000000314. The molecule has 13 nitrogen and oxygen atoms in total.